The number of carbonyl (C=O) groups is 3. The van der Waals surface area contributed by atoms with Crippen molar-refractivity contribution in [3.63, 3.8) is 0 Å². The monoisotopic (exact) mass is 341 g/mol. The van der Waals surface area contributed by atoms with Gasteiger partial charge >= 0.3 is 12.1 Å². The highest BCUT2D eigenvalue weighted by molar-refractivity contribution is 5.79. The number of nitrogens with two attached hydrogens (primary N) is 1. The summed E-state index contributed by atoms with van der Waals surface area (Å²) >= 11 is 0. The lowest BCUT2D eigenvalue weighted by Gasteiger charge is -2.26. The number of urea groups is 2. The van der Waals surface area contributed by atoms with Gasteiger partial charge in [0.05, 0.1) is 13.1 Å². The van der Waals surface area contributed by atoms with Crippen molar-refractivity contribution < 1.29 is 14.4 Å². The number of rotatable bonds is 6. The Bertz CT molecular complexity index is 709. The fraction of sp³-hybridized carbons (Fsp3) is 0.118. The Morgan fingerprint density at radius 2 is 1.36 bits per heavy atom. The van der Waals surface area contributed by atoms with Gasteiger partial charge in [-0.25, -0.2) is 25.0 Å². The smallest absolute Gasteiger partial charge is 0.350 e. The molecule has 130 valence electrons. The molecule has 8 heteroatoms. The van der Waals surface area contributed by atoms with E-state index in [1.165, 1.54) is 0 Å². The van der Waals surface area contributed by atoms with Gasteiger partial charge in [-0.2, -0.15) is 0 Å². The molecule has 0 aromatic heterocycles. The molecular formula is C17H19N5O3. The van der Waals surface area contributed by atoms with Gasteiger partial charge in [0.15, 0.2) is 0 Å². The summed E-state index contributed by atoms with van der Waals surface area (Å²) in [7, 11) is 0. The molecular weight excluding hydrogens is 322 g/mol. The Hall–Kier alpha value is -3.55. The average molecular weight is 341 g/mol. The predicted molar refractivity (Wildman–Crippen MR) is 91.3 cm³/mol. The first kappa shape index (κ1) is 17.8. The number of carbonyl (C=O) groups excluding carboxylic acids is 3. The van der Waals surface area contributed by atoms with Gasteiger partial charge in [0.2, 0.25) is 6.41 Å². The van der Waals surface area contributed by atoms with Gasteiger partial charge in [-0.05, 0) is 11.1 Å². The van der Waals surface area contributed by atoms with E-state index < -0.39 is 12.1 Å². The standard InChI is InChI=1S/C17H19N5O3/c18-16(24)21(11-14-7-3-1-4-8-14)20-17(25)22(19-13-23)12-15-9-5-2-6-10-15/h1-10,13H,11-12H2,(H2,18,24)(H,19,23)(H,20,25). The third kappa shape index (κ3) is 5.54. The van der Waals surface area contributed by atoms with E-state index in [1.54, 1.807) is 12.1 Å². The normalized spacial score (nSPS) is 9.76. The lowest BCUT2D eigenvalue weighted by molar-refractivity contribution is -0.113. The lowest BCUT2D eigenvalue weighted by Crippen LogP contribution is -2.55. The van der Waals surface area contributed by atoms with Crippen molar-refractivity contribution >= 4 is 18.5 Å². The molecule has 0 bridgehead atoms. The molecule has 0 unspecified atom stereocenters. The summed E-state index contributed by atoms with van der Waals surface area (Å²) in [6, 6.07) is 16.6. The van der Waals surface area contributed by atoms with Crippen LogP contribution in [0.15, 0.2) is 60.7 Å². The Labute approximate surface area is 145 Å². The van der Waals surface area contributed by atoms with Crippen molar-refractivity contribution in [2.45, 2.75) is 13.1 Å². The van der Waals surface area contributed by atoms with Crippen molar-refractivity contribution in [2.75, 3.05) is 0 Å². The summed E-state index contributed by atoms with van der Waals surface area (Å²) < 4.78 is 0. The zero-order chi connectivity index (χ0) is 18.1. The molecule has 4 N–H and O–H groups in total. The topological polar surface area (TPSA) is 108 Å². The molecule has 0 aliphatic carbocycles. The summed E-state index contributed by atoms with van der Waals surface area (Å²) in [5.41, 5.74) is 11.6. The minimum atomic E-state index is -0.817. The SMILES string of the molecule is NC(=O)N(Cc1ccccc1)NC(=O)N(Cc1ccccc1)NC=O. The largest absolute Gasteiger partial charge is 0.355 e. The molecule has 8 nitrogen and oxygen atoms in total. The summed E-state index contributed by atoms with van der Waals surface area (Å²) in [6.45, 7) is 0.228. The van der Waals surface area contributed by atoms with E-state index in [9.17, 15) is 14.4 Å². The molecule has 0 spiro atoms. The summed E-state index contributed by atoms with van der Waals surface area (Å²) in [4.78, 5) is 34.8. The summed E-state index contributed by atoms with van der Waals surface area (Å²) in [5, 5.41) is 2.02. The zero-order valence-corrected chi connectivity index (χ0v) is 13.5. The van der Waals surface area contributed by atoms with Crippen LogP contribution in [-0.4, -0.2) is 28.5 Å². The molecule has 0 saturated heterocycles. The maximum Gasteiger partial charge on any atom is 0.355 e. The van der Waals surface area contributed by atoms with Crippen LogP contribution in [0.1, 0.15) is 11.1 Å². The van der Waals surface area contributed by atoms with Crippen molar-refractivity contribution in [3.05, 3.63) is 71.8 Å². The second-order valence-electron chi connectivity index (χ2n) is 5.15. The van der Waals surface area contributed by atoms with E-state index in [0.717, 1.165) is 21.1 Å². The molecule has 0 aliphatic rings. The molecule has 5 amide bonds. The summed E-state index contributed by atoms with van der Waals surface area (Å²) in [5.74, 6) is 0. The van der Waals surface area contributed by atoms with Crippen LogP contribution in [0, 0.1) is 0 Å². The first-order chi connectivity index (χ1) is 12.1. The number of hydrogen-bond acceptors (Lipinski definition) is 3. The Morgan fingerprint density at radius 3 is 1.80 bits per heavy atom. The molecule has 0 fully saturated rings. The number of amides is 5. The van der Waals surface area contributed by atoms with Crippen LogP contribution in [0.3, 0.4) is 0 Å². The molecule has 0 atom stereocenters. The van der Waals surface area contributed by atoms with E-state index in [-0.39, 0.29) is 13.1 Å². The minimum Gasteiger partial charge on any atom is -0.350 e. The lowest BCUT2D eigenvalue weighted by atomic mass is 10.2. The van der Waals surface area contributed by atoms with Gasteiger partial charge in [-0.3, -0.25) is 10.2 Å². The second-order valence-corrected chi connectivity index (χ2v) is 5.15. The Morgan fingerprint density at radius 1 is 0.880 bits per heavy atom. The number of nitrogens with one attached hydrogen (secondary N) is 2. The highest BCUT2D eigenvalue weighted by atomic mass is 16.2. The molecule has 0 heterocycles. The maximum absolute atomic E-state index is 12.4. The highest BCUT2D eigenvalue weighted by Crippen LogP contribution is 2.05. The quantitative estimate of drug-likeness (QED) is 0.545. The van der Waals surface area contributed by atoms with E-state index in [1.807, 2.05) is 48.5 Å². The number of primary amides is 1. The van der Waals surface area contributed by atoms with Crippen molar-refractivity contribution in [1.29, 1.82) is 0 Å². The van der Waals surface area contributed by atoms with E-state index >= 15 is 0 Å². The maximum atomic E-state index is 12.4. The van der Waals surface area contributed by atoms with Crippen LogP contribution >= 0.6 is 0 Å². The van der Waals surface area contributed by atoms with Crippen LogP contribution in [0.4, 0.5) is 9.59 Å². The van der Waals surface area contributed by atoms with Gasteiger partial charge in [-0.1, -0.05) is 60.7 Å². The van der Waals surface area contributed by atoms with Gasteiger partial charge < -0.3 is 5.73 Å². The van der Waals surface area contributed by atoms with Gasteiger partial charge in [0.25, 0.3) is 0 Å². The van der Waals surface area contributed by atoms with Crippen LogP contribution in [0.5, 0.6) is 0 Å². The van der Waals surface area contributed by atoms with Crippen molar-refractivity contribution in [2.24, 2.45) is 5.73 Å². The molecule has 25 heavy (non-hydrogen) atoms. The van der Waals surface area contributed by atoms with Gasteiger partial charge in [-0.15, -0.1) is 0 Å². The molecule has 0 saturated carbocycles. The Balaban J connectivity index is 2.05. The first-order valence-electron chi connectivity index (χ1n) is 7.53. The molecule has 2 rings (SSSR count). The van der Waals surface area contributed by atoms with E-state index in [4.69, 9.17) is 5.73 Å². The molecule has 0 radical (unpaired) electrons. The molecule has 2 aromatic carbocycles. The number of nitrogens with zero attached hydrogens (tertiary/aromatic N) is 2. The highest BCUT2D eigenvalue weighted by Gasteiger charge is 2.19. The van der Waals surface area contributed by atoms with Gasteiger partial charge in [0.1, 0.15) is 0 Å². The third-order valence-electron chi connectivity index (χ3n) is 3.32. The first-order valence-corrected chi connectivity index (χ1v) is 7.53. The number of benzene rings is 2. The fourth-order valence-corrected chi connectivity index (χ4v) is 2.12. The summed E-state index contributed by atoms with van der Waals surface area (Å²) in [6.07, 6.45) is 0.383. The minimum absolute atomic E-state index is 0.0994. The Kier molecular flexibility index (Phi) is 6.35. The van der Waals surface area contributed by atoms with Crippen LogP contribution in [-0.2, 0) is 17.9 Å². The van der Waals surface area contributed by atoms with Crippen LogP contribution in [0.2, 0.25) is 0 Å². The van der Waals surface area contributed by atoms with Gasteiger partial charge in [0, 0.05) is 0 Å². The van der Waals surface area contributed by atoms with E-state index in [2.05, 4.69) is 10.9 Å². The second kappa shape index (κ2) is 8.92. The molecule has 0 aliphatic heterocycles. The van der Waals surface area contributed by atoms with Crippen molar-refractivity contribution in [3.8, 4) is 0 Å². The van der Waals surface area contributed by atoms with E-state index in [0.29, 0.717) is 6.41 Å². The fourth-order valence-electron chi connectivity index (χ4n) is 2.12. The van der Waals surface area contributed by atoms with Crippen LogP contribution < -0.4 is 16.6 Å². The predicted octanol–water partition coefficient (Wildman–Crippen LogP) is 1.36. The average Bonchev–Trinajstić information content (AvgIpc) is 2.62. The van der Waals surface area contributed by atoms with Crippen molar-refractivity contribution in [1.82, 2.24) is 20.9 Å². The number of hydrazine groups is 2. The number of hydrogen-bond donors (Lipinski definition) is 3. The van der Waals surface area contributed by atoms with Crippen LogP contribution in [0.25, 0.3) is 0 Å². The molecule has 2 aromatic rings. The third-order valence-corrected chi connectivity index (χ3v) is 3.32. The zero-order valence-electron chi connectivity index (χ0n) is 13.5.